The Morgan fingerprint density at radius 2 is 1.83 bits per heavy atom. The Balaban J connectivity index is 1.60. The van der Waals surface area contributed by atoms with Crippen LogP contribution in [-0.4, -0.2) is 79.3 Å². The number of anilines is 2. The van der Waals surface area contributed by atoms with Gasteiger partial charge in [-0.2, -0.15) is 13.2 Å². The number of aliphatic hydroxyl groups is 1. The largest absolute Gasteiger partial charge is 0.488 e. The summed E-state index contributed by atoms with van der Waals surface area (Å²) >= 11 is 0. The average Bonchev–Trinajstić information content (AvgIpc) is 3.35. The second-order valence-electron chi connectivity index (χ2n) is 11.4. The summed E-state index contributed by atoms with van der Waals surface area (Å²) < 4.78 is 78.9. The number of alkyl halides is 3. The number of amides is 3. The number of sulfonamides is 1. The van der Waals surface area contributed by atoms with Gasteiger partial charge in [-0.1, -0.05) is 12.1 Å². The molecule has 2 heterocycles. The molecule has 3 N–H and O–H groups in total. The molecule has 0 spiro atoms. The Morgan fingerprint density at radius 1 is 1.17 bits per heavy atom. The van der Waals surface area contributed by atoms with Crippen molar-refractivity contribution in [3.8, 4) is 5.75 Å². The van der Waals surface area contributed by atoms with Gasteiger partial charge in [0.25, 0.3) is 10.0 Å². The minimum Gasteiger partial charge on any atom is -0.488 e. The maximum absolute atomic E-state index is 13.5. The van der Waals surface area contributed by atoms with E-state index in [1.807, 2.05) is 6.92 Å². The SMILES string of the molecule is Cc1noc(C)c1S(=O)(=O)Nc1ccc2c(c1)CC(=O)N([C@H](C)CO)C[C@@H](C)[C@H](CN(C)C(=O)Nc1ccc(C(F)(F)F)cc1)O2. The highest BCUT2D eigenvalue weighted by molar-refractivity contribution is 7.92. The molecular formula is C30H36F3N5O7S. The van der Waals surface area contributed by atoms with E-state index in [0.717, 1.165) is 24.3 Å². The molecular weight excluding hydrogens is 631 g/mol. The predicted octanol–water partition coefficient (Wildman–Crippen LogP) is 4.42. The standard InChI is InChI=1S/C30H36F3N5O7S/c1-17-14-38(18(2)16-39)27(40)13-21-12-24(36-46(42,43)28-19(3)35-45-20(28)4)10-11-25(21)44-26(17)15-37(5)29(41)34-23-8-6-22(7-9-23)30(31,32)33/h6-12,17-18,26,36,39H,13-16H2,1-5H3,(H,34,41)/t17-,18-,26+/m1/s1. The summed E-state index contributed by atoms with van der Waals surface area (Å²) in [4.78, 5) is 29.2. The van der Waals surface area contributed by atoms with Crippen molar-refractivity contribution in [2.75, 3.05) is 36.8 Å². The first-order chi connectivity index (χ1) is 21.5. The van der Waals surface area contributed by atoms with Crippen LogP contribution in [-0.2, 0) is 27.4 Å². The zero-order valence-corrected chi connectivity index (χ0v) is 26.7. The Kier molecular flexibility index (Phi) is 10.2. The van der Waals surface area contributed by atoms with Crippen molar-refractivity contribution in [3.63, 3.8) is 0 Å². The maximum atomic E-state index is 13.5. The first-order valence-electron chi connectivity index (χ1n) is 14.3. The highest BCUT2D eigenvalue weighted by Gasteiger charge is 2.33. The molecule has 0 radical (unpaired) electrons. The lowest BCUT2D eigenvalue weighted by Crippen LogP contribution is -2.48. The highest BCUT2D eigenvalue weighted by atomic mass is 32.2. The van der Waals surface area contributed by atoms with Gasteiger partial charge in [0.15, 0.2) is 10.7 Å². The molecule has 0 aliphatic carbocycles. The number of hydrogen-bond donors (Lipinski definition) is 3. The molecule has 16 heteroatoms. The van der Waals surface area contributed by atoms with E-state index in [1.54, 1.807) is 6.92 Å². The number of aromatic nitrogens is 1. The molecule has 0 fully saturated rings. The molecule has 46 heavy (non-hydrogen) atoms. The number of benzene rings is 2. The first kappa shape index (κ1) is 34.6. The van der Waals surface area contributed by atoms with Crippen LogP contribution in [0.25, 0.3) is 0 Å². The summed E-state index contributed by atoms with van der Waals surface area (Å²) in [6.07, 6.45) is -5.36. The maximum Gasteiger partial charge on any atom is 0.416 e. The van der Waals surface area contributed by atoms with Crippen molar-refractivity contribution in [2.45, 2.75) is 57.3 Å². The van der Waals surface area contributed by atoms with E-state index >= 15 is 0 Å². The van der Waals surface area contributed by atoms with Crippen molar-refractivity contribution in [1.82, 2.24) is 15.0 Å². The number of hydrogen-bond acceptors (Lipinski definition) is 8. The molecule has 0 saturated carbocycles. The molecule has 4 rings (SSSR count). The molecule has 0 bridgehead atoms. The smallest absolute Gasteiger partial charge is 0.416 e. The average molecular weight is 668 g/mol. The number of rotatable bonds is 8. The molecule has 2 aromatic carbocycles. The van der Waals surface area contributed by atoms with Gasteiger partial charge in [-0.15, -0.1) is 0 Å². The van der Waals surface area contributed by atoms with E-state index in [9.17, 15) is 36.3 Å². The number of aliphatic hydroxyl groups excluding tert-OH is 1. The van der Waals surface area contributed by atoms with Crippen molar-refractivity contribution in [3.05, 3.63) is 65.0 Å². The number of carbonyl (C=O) groups is 2. The van der Waals surface area contributed by atoms with Gasteiger partial charge in [-0.25, -0.2) is 13.2 Å². The van der Waals surface area contributed by atoms with Gasteiger partial charge in [0.1, 0.15) is 17.5 Å². The number of nitrogens with one attached hydrogen (secondary N) is 2. The van der Waals surface area contributed by atoms with Gasteiger partial charge >= 0.3 is 12.2 Å². The molecule has 3 amide bonds. The summed E-state index contributed by atoms with van der Waals surface area (Å²) in [6, 6.07) is 7.39. The van der Waals surface area contributed by atoms with Gasteiger partial charge < -0.3 is 29.5 Å². The van der Waals surface area contributed by atoms with E-state index in [4.69, 9.17) is 9.26 Å². The van der Waals surface area contributed by atoms with Gasteiger partial charge in [-0.05, 0) is 63.2 Å². The second kappa shape index (κ2) is 13.6. The van der Waals surface area contributed by atoms with Crippen molar-refractivity contribution < 1.29 is 45.5 Å². The summed E-state index contributed by atoms with van der Waals surface area (Å²) in [6.45, 7) is 6.39. The van der Waals surface area contributed by atoms with Crippen LogP contribution in [0.2, 0.25) is 0 Å². The lowest BCUT2D eigenvalue weighted by Gasteiger charge is -2.34. The van der Waals surface area contributed by atoms with E-state index in [2.05, 4.69) is 15.2 Å². The van der Waals surface area contributed by atoms with Gasteiger partial charge in [0.05, 0.1) is 31.2 Å². The number of nitrogens with zero attached hydrogens (tertiary/aromatic N) is 3. The van der Waals surface area contributed by atoms with Crippen LogP contribution >= 0.6 is 0 Å². The third-order valence-corrected chi connectivity index (χ3v) is 9.29. The topological polar surface area (TPSA) is 154 Å². The van der Waals surface area contributed by atoms with Crippen LogP contribution in [0.4, 0.5) is 29.3 Å². The zero-order chi connectivity index (χ0) is 34.0. The molecule has 250 valence electrons. The Labute approximate surface area is 264 Å². The Morgan fingerprint density at radius 3 is 2.41 bits per heavy atom. The number of ether oxygens (including phenoxy) is 1. The fraction of sp³-hybridized carbons (Fsp3) is 0.433. The number of urea groups is 1. The van der Waals surface area contributed by atoms with Crippen molar-refractivity contribution >= 4 is 33.3 Å². The van der Waals surface area contributed by atoms with E-state index < -0.39 is 39.9 Å². The third kappa shape index (κ3) is 7.91. The number of aryl methyl sites for hydroxylation is 2. The van der Waals surface area contributed by atoms with Crippen LogP contribution in [0.1, 0.15) is 36.4 Å². The molecule has 1 aliphatic rings. The van der Waals surface area contributed by atoms with Crippen LogP contribution in [0.5, 0.6) is 5.75 Å². The van der Waals surface area contributed by atoms with Crippen LogP contribution in [0.3, 0.4) is 0 Å². The lowest BCUT2D eigenvalue weighted by atomic mass is 10.0. The summed E-state index contributed by atoms with van der Waals surface area (Å²) in [5.41, 5.74) is 0.0342. The normalized spacial score (nSPS) is 18.0. The van der Waals surface area contributed by atoms with Crippen molar-refractivity contribution in [2.24, 2.45) is 5.92 Å². The summed E-state index contributed by atoms with van der Waals surface area (Å²) in [5.74, 6) is -0.273. The summed E-state index contributed by atoms with van der Waals surface area (Å²) in [7, 11) is -2.59. The number of halogens is 3. The van der Waals surface area contributed by atoms with Gasteiger partial charge in [-0.3, -0.25) is 9.52 Å². The number of carbonyl (C=O) groups excluding carboxylic acids is 2. The van der Waals surface area contributed by atoms with Crippen LogP contribution in [0.15, 0.2) is 51.9 Å². The minimum absolute atomic E-state index is 0.0169. The molecule has 1 aromatic heterocycles. The highest BCUT2D eigenvalue weighted by Crippen LogP contribution is 2.32. The Bertz CT molecular complexity index is 1660. The van der Waals surface area contributed by atoms with Crippen LogP contribution < -0.4 is 14.8 Å². The minimum atomic E-state index is -4.51. The zero-order valence-electron chi connectivity index (χ0n) is 25.9. The van der Waals surface area contributed by atoms with Gasteiger partial charge in [0.2, 0.25) is 5.91 Å². The quantitative estimate of drug-likeness (QED) is 0.319. The molecule has 3 aromatic rings. The fourth-order valence-electron chi connectivity index (χ4n) is 5.09. The predicted molar refractivity (Wildman–Crippen MR) is 162 cm³/mol. The monoisotopic (exact) mass is 667 g/mol. The molecule has 0 unspecified atom stereocenters. The molecule has 1 aliphatic heterocycles. The molecule has 0 saturated heterocycles. The van der Waals surface area contributed by atoms with Crippen molar-refractivity contribution in [1.29, 1.82) is 0 Å². The summed E-state index contributed by atoms with van der Waals surface area (Å²) in [5, 5.41) is 16.1. The van der Waals surface area contributed by atoms with E-state index in [0.29, 0.717) is 11.3 Å². The second-order valence-corrected chi connectivity index (χ2v) is 13.0. The van der Waals surface area contributed by atoms with E-state index in [-0.39, 0.29) is 65.7 Å². The van der Waals surface area contributed by atoms with Crippen LogP contribution in [0, 0.1) is 19.8 Å². The molecule has 3 atom stereocenters. The number of likely N-dealkylation sites (N-methyl/N-ethyl adjacent to an activating group) is 1. The van der Waals surface area contributed by atoms with E-state index in [1.165, 1.54) is 48.9 Å². The number of fused-ring (bicyclic) bond motifs is 1. The first-order valence-corrected chi connectivity index (χ1v) is 15.8. The third-order valence-electron chi connectivity index (χ3n) is 7.67. The fourth-order valence-corrected chi connectivity index (χ4v) is 6.47. The Hall–Kier alpha value is -4.31. The lowest BCUT2D eigenvalue weighted by molar-refractivity contribution is -0.137. The molecule has 12 nitrogen and oxygen atoms in total. The van der Waals surface area contributed by atoms with Gasteiger partial charge in [0, 0.05) is 36.4 Å².